The zero-order valence-electron chi connectivity index (χ0n) is 22.7. The SMILES string of the molecule is C=C(C)[C@@H]1CC[C@]2(C=O)CC[C@]3(C)[C@H](CC[C@@H]4[C@@]5(C)CC[C@H](NC=O)C(C)(C)[C@@H]5CC[C@]43C)[C@@H]12. The molecule has 0 aromatic rings. The average molecular weight is 468 g/mol. The second-order valence-electron chi connectivity index (χ2n) is 14.7. The van der Waals surface area contributed by atoms with Crippen LogP contribution < -0.4 is 5.32 Å². The summed E-state index contributed by atoms with van der Waals surface area (Å²) >= 11 is 0. The highest BCUT2D eigenvalue weighted by Gasteiger charge is 2.70. The Kier molecular flexibility index (Phi) is 5.56. The minimum absolute atomic E-state index is 0.0986. The molecule has 1 N–H and O–H groups in total. The van der Waals surface area contributed by atoms with Gasteiger partial charge in [0.25, 0.3) is 0 Å². The fraction of sp³-hybridized carbons (Fsp3) is 0.871. The maximum absolute atomic E-state index is 12.6. The topological polar surface area (TPSA) is 46.2 Å². The summed E-state index contributed by atoms with van der Waals surface area (Å²) in [5.41, 5.74) is 2.28. The molecule has 5 aliphatic rings. The van der Waals surface area contributed by atoms with Gasteiger partial charge in [0.2, 0.25) is 6.41 Å². The van der Waals surface area contributed by atoms with Gasteiger partial charge in [-0.05, 0) is 122 Å². The van der Waals surface area contributed by atoms with Crippen molar-refractivity contribution in [2.24, 2.45) is 56.7 Å². The Morgan fingerprint density at radius 3 is 2.21 bits per heavy atom. The number of rotatable bonds is 4. The number of hydrogen-bond acceptors (Lipinski definition) is 2. The normalized spacial score (nSPS) is 53.5. The number of nitrogens with one attached hydrogen (secondary N) is 1. The molecule has 0 spiro atoms. The summed E-state index contributed by atoms with van der Waals surface area (Å²) in [4.78, 5) is 24.0. The lowest BCUT2D eigenvalue weighted by Gasteiger charge is -2.73. The first-order valence-corrected chi connectivity index (χ1v) is 14.2. The van der Waals surface area contributed by atoms with E-state index in [1.54, 1.807) is 0 Å². The molecule has 190 valence electrons. The van der Waals surface area contributed by atoms with Crippen LogP contribution in [0.2, 0.25) is 0 Å². The predicted octanol–water partition coefficient (Wildman–Crippen LogP) is 6.96. The van der Waals surface area contributed by atoms with Crippen LogP contribution in [0.3, 0.4) is 0 Å². The third kappa shape index (κ3) is 2.88. The molecule has 3 nitrogen and oxygen atoms in total. The number of hydrogen-bond donors (Lipinski definition) is 1. The highest BCUT2D eigenvalue weighted by molar-refractivity contribution is 5.62. The highest BCUT2D eigenvalue weighted by atomic mass is 16.1. The van der Waals surface area contributed by atoms with E-state index >= 15 is 0 Å². The molecule has 1 amide bonds. The molecule has 0 radical (unpaired) electrons. The maximum atomic E-state index is 12.6. The van der Waals surface area contributed by atoms with Crippen LogP contribution in [0.15, 0.2) is 12.2 Å². The Labute approximate surface area is 208 Å². The number of allylic oxidation sites excluding steroid dienone is 1. The predicted molar refractivity (Wildman–Crippen MR) is 138 cm³/mol. The molecule has 0 heterocycles. The van der Waals surface area contributed by atoms with Crippen molar-refractivity contribution >= 4 is 12.7 Å². The van der Waals surface area contributed by atoms with E-state index in [0.717, 1.165) is 38.0 Å². The highest BCUT2D eigenvalue weighted by Crippen LogP contribution is 2.77. The fourth-order valence-electron chi connectivity index (χ4n) is 11.8. The van der Waals surface area contributed by atoms with Crippen LogP contribution in [0.25, 0.3) is 0 Å². The third-order valence-electron chi connectivity index (χ3n) is 13.7. The van der Waals surface area contributed by atoms with Crippen LogP contribution in [0.1, 0.15) is 106 Å². The molecule has 10 atom stereocenters. The Balaban J connectivity index is 1.53. The standard InChI is InChI=1S/C31H49NO2/c1-20(2)21-10-15-31(18-33)17-16-29(6)22(26(21)31)8-9-24-28(5)13-12-25(32-19-34)27(3,4)23(28)11-14-30(24,29)7/h18-19,21-26H,1,8-17H2,2-7H3,(H,32,34)/t21-,22+,23-,24+,25-,26+,28-,29+,30+,31+/m0/s1. The number of aldehydes is 1. The fourth-order valence-corrected chi connectivity index (χ4v) is 11.8. The zero-order chi connectivity index (χ0) is 24.7. The summed E-state index contributed by atoms with van der Waals surface area (Å²) < 4.78 is 0. The Hall–Kier alpha value is -1.12. The van der Waals surface area contributed by atoms with Crippen molar-refractivity contribution in [3.8, 4) is 0 Å². The van der Waals surface area contributed by atoms with Crippen LogP contribution >= 0.6 is 0 Å². The lowest BCUT2D eigenvalue weighted by atomic mass is 9.32. The first kappa shape index (κ1) is 24.6. The van der Waals surface area contributed by atoms with Crippen molar-refractivity contribution in [1.29, 1.82) is 0 Å². The van der Waals surface area contributed by atoms with Crippen LogP contribution in [0.5, 0.6) is 0 Å². The van der Waals surface area contributed by atoms with E-state index in [1.807, 2.05) is 0 Å². The molecular weight excluding hydrogens is 418 g/mol. The van der Waals surface area contributed by atoms with Gasteiger partial charge in [-0.1, -0.05) is 46.8 Å². The van der Waals surface area contributed by atoms with Gasteiger partial charge in [0.1, 0.15) is 6.29 Å². The van der Waals surface area contributed by atoms with Gasteiger partial charge in [0, 0.05) is 11.5 Å². The van der Waals surface area contributed by atoms with Crippen LogP contribution in [0.4, 0.5) is 0 Å². The molecule has 0 unspecified atom stereocenters. The Bertz CT molecular complexity index is 879. The van der Waals surface area contributed by atoms with Gasteiger partial charge in [-0.2, -0.15) is 0 Å². The number of amides is 1. The molecule has 5 aliphatic carbocycles. The van der Waals surface area contributed by atoms with Crippen LogP contribution in [-0.2, 0) is 9.59 Å². The van der Waals surface area contributed by atoms with Crippen LogP contribution in [-0.4, -0.2) is 18.7 Å². The molecular formula is C31H49NO2. The molecule has 0 bridgehead atoms. The molecule has 5 rings (SSSR count). The molecule has 34 heavy (non-hydrogen) atoms. The number of carbonyl (C=O) groups excluding carboxylic acids is 2. The van der Waals surface area contributed by atoms with Gasteiger partial charge in [0.05, 0.1) is 0 Å². The van der Waals surface area contributed by atoms with Gasteiger partial charge >= 0.3 is 0 Å². The van der Waals surface area contributed by atoms with Gasteiger partial charge in [-0.15, -0.1) is 0 Å². The van der Waals surface area contributed by atoms with Crippen molar-refractivity contribution in [2.75, 3.05) is 0 Å². The summed E-state index contributed by atoms with van der Waals surface area (Å²) in [7, 11) is 0. The summed E-state index contributed by atoms with van der Waals surface area (Å²) in [5.74, 6) is 3.03. The molecule has 0 saturated heterocycles. The molecule has 0 aromatic heterocycles. The summed E-state index contributed by atoms with van der Waals surface area (Å²) in [6.07, 6.45) is 14.3. The summed E-state index contributed by atoms with van der Waals surface area (Å²) in [6.45, 7) is 19.4. The first-order valence-electron chi connectivity index (χ1n) is 14.2. The Morgan fingerprint density at radius 1 is 0.824 bits per heavy atom. The minimum Gasteiger partial charge on any atom is -0.355 e. The average Bonchev–Trinajstić information content (AvgIpc) is 3.17. The smallest absolute Gasteiger partial charge is 0.207 e. The molecule has 0 aliphatic heterocycles. The van der Waals surface area contributed by atoms with Crippen LogP contribution in [0, 0.1) is 56.7 Å². The third-order valence-corrected chi connectivity index (χ3v) is 13.7. The van der Waals surface area contributed by atoms with Crippen molar-refractivity contribution < 1.29 is 9.59 Å². The quantitative estimate of drug-likeness (QED) is 0.359. The summed E-state index contributed by atoms with van der Waals surface area (Å²) in [5, 5.41) is 3.19. The van der Waals surface area contributed by atoms with E-state index in [4.69, 9.17) is 0 Å². The zero-order valence-corrected chi connectivity index (χ0v) is 22.7. The number of fused-ring (bicyclic) bond motifs is 7. The lowest BCUT2D eigenvalue weighted by Crippen LogP contribution is -2.67. The van der Waals surface area contributed by atoms with Gasteiger partial charge in [-0.3, -0.25) is 4.79 Å². The largest absolute Gasteiger partial charge is 0.355 e. The van der Waals surface area contributed by atoms with E-state index in [-0.39, 0.29) is 16.9 Å². The van der Waals surface area contributed by atoms with E-state index in [1.165, 1.54) is 50.4 Å². The van der Waals surface area contributed by atoms with E-state index < -0.39 is 0 Å². The van der Waals surface area contributed by atoms with Gasteiger partial charge in [-0.25, -0.2) is 0 Å². The molecule has 3 heteroatoms. The first-order chi connectivity index (χ1) is 15.9. The number of carbonyl (C=O) groups is 2. The second-order valence-corrected chi connectivity index (χ2v) is 14.7. The lowest BCUT2D eigenvalue weighted by molar-refractivity contribution is -0.236. The van der Waals surface area contributed by atoms with E-state index in [9.17, 15) is 9.59 Å². The monoisotopic (exact) mass is 467 g/mol. The molecule has 5 saturated carbocycles. The minimum atomic E-state index is -0.0986. The van der Waals surface area contributed by atoms with E-state index in [2.05, 4.69) is 53.4 Å². The van der Waals surface area contributed by atoms with E-state index in [0.29, 0.717) is 39.9 Å². The molecule has 5 fully saturated rings. The molecule has 0 aromatic carbocycles. The second kappa shape index (κ2) is 7.69. The maximum Gasteiger partial charge on any atom is 0.207 e. The van der Waals surface area contributed by atoms with Crippen molar-refractivity contribution in [3.63, 3.8) is 0 Å². The van der Waals surface area contributed by atoms with Crippen molar-refractivity contribution in [3.05, 3.63) is 12.2 Å². The van der Waals surface area contributed by atoms with Crippen molar-refractivity contribution in [1.82, 2.24) is 5.32 Å². The van der Waals surface area contributed by atoms with Crippen molar-refractivity contribution in [2.45, 2.75) is 112 Å². The summed E-state index contributed by atoms with van der Waals surface area (Å²) in [6, 6.07) is 0.289. The van der Waals surface area contributed by atoms with Gasteiger partial charge < -0.3 is 10.1 Å². The Morgan fingerprint density at radius 2 is 1.56 bits per heavy atom. The van der Waals surface area contributed by atoms with Gasteiger partial charge in [0.15, 0.2) is 0 Å².